The van der Waals surface area contributed by atoms with Crippen LogP contribution >= 0.6 is 11.6 Å². The molecule has 0 bridgehead atoms. The molecule has 4 nitrogen and oxygen atoms in total. The van der Waals surface area contributed by atoms with Gasteiger partial charge in [-0.05, 0) is 24.6 Å². The van der Waals surface area contributed by atoms with Crippen LogP contribution in [-0.4, -0.2) is 21.6 Å². The van der Waals surface area contributed by atoms with Crippen LogP contribution in [0.4, 0.5) is 19.0 Å². The smallest absolute Gasteiger partial charge is 0.308 e. The van der Waals surface area contributed by atoms with Gasteiger partial charge in [0, 0.05) is 11.8 Å². The van der Waals surface area contributed by atoms with Crippen LogP contribution in [0.1, 0.15) is 16.8 Å². The van der Waals surface area contributed by atoms with E-state index in [-0.39, 0.29) is 12.4 Å². The second-order valence-electron chi connectivity index (χ2n) is 4.71. The van der Waals surface area contributed by atoms with Gasteiger partial charge in [0.2, 0.25) is 5.91 Å². The lowest BCUT2D eigenvalue weighted by Crippen LogP contribution is -2.13. The number of hydrogen-bond donors (Lipinski definition) is 1. The Bertz CT molecular complexity index is 682. The molecule has 1 aromatic heterocycles. The Morgan fingerprint density at radius 2 is 2.09 bits per heavy atom. The van der Waals surface area contributed by atoms with Gasteiger partial charge >= 0.3 is 6.18 Å². The molecule has 1 heterocycles. The van der Waals surface area contributed by atoms with E-state index in [1.54, 1.807) is 19.1 Å². The lowest BCUT2D eigenvalue weighted by Gasteiger charge is -2.09. The van der Waals surface area contributed by atoms with Crippen molar-refractivity contribution < 1.29 is 18.0 Å². The van der Waals surface area contributed by atoms with Crippen molar-refractivity contribution in [2.75, 3.05) is 11.2 Å². The number of nitrogens with one attached hydrogen (secondary N) is 1. The second-order valence-corrected chi connectivity index (χ2v) is 4.98. The van der Waals surface area contributed by atoms with Gasteiger partial charge in [-0.25, -0.2) is 0 Å². The third-order valence-electron chi connectivity index (χ3n) is 2.96. The minimum Gasteiger partial charge on any atom is -0.308 e. The molecule has 8 heteroatoms. The summed E-state index contributed by atoms with van der Waals surface area (Å²) in [6.07, 6.45) is -4.38. The number of carbonyl (C=O) groups is 1. The number of aromatic nitrogens is 2. The van der Waals surface area contributed by atoms with Crippen LogP contribution in [0, 0.1) is 6.92 Å². The largest absolute Gasteiger partial charge is 0.416 e. The van der Waals surface area contributed by atoms with E-state index in [1.807, 2.05) is 0 Å². The van der Waals surface area contributed by atoms with Crippen molar-refractivity contribution in [3.05, 3.63) is 47.2 Å². The first kappa shape index (κ1) is 16.4. The minimum absolute atomic E-state index is 0.173. The fraction of sp³-hybridized carbons (Fsp3) is 0.286. The molecule has 0 radical (unpaired) electrons. The van der Waals surface area contributed by atoms with Gasteiger partial charge < -0.3 is 5.32 Å². The van der Waals surface area contributed by atoms with Gasteiger partial charge in [-0.2, -0.15) is 18.3 Å². The summed E-state index contributed by atoms with van der Waals surface area (Å²) < 4.78 is 39.6. The molecule has 2 rings (SSSR count). The molecule has 0 aliphatic carbocycles. The minimum atomic E-state index is -4.38. The molecule has 0 atom stereocenters. The highest BCUT2D eigenvalue weighted by Crippen LogP contribution is 2.29. The van der Waals surface area contributed by atoms with Gasteiger partial charge in [-0.15, -0.1) is 11.6 Å². The molecular formula is C14H13ClF3N3O. The Labute approximate surface area is 129 Å². The van der Waals surface area contributed by atoms with Crippen molar-refractivity contribution in [1.29, 1.82) is 0 Å². The summed E-state index contributed by atoms with van der Waals surface area (Å²) in [4.78, 5) is 11.2. The van der Waals surface area contributed by atoms with E-state index < -0.39 is 17.6 Å². The zero-order valence-electron chi connectivity index (χ0n) is 11.6. The summed E-state index contributed by atoms with van der Waals surface area (Å²) in [5.41, 5.74) is 0.476. The zero-order chi connectivity index (χ0) is 16.3. The van der Waals surface area contributed by atoms with Crippen molar-refractivity contribution in [3.8, 4) is 0 Å². The average molecular weight is 332 g/mol. The number of rotatable bonds is 4. The molecule has 0 aliphatic heterocycles. The summed E-state index contributed by atoms with van der Waals surface area (Å²) in [7, 11) is 0. The predicted octanol–water partition coefficient (Wildman–Crippen LogP) is 3.44. The normalized spacial score (nSPS) is 11.5. The van der Waals surface area contributed by atoms with Crippen molar-refractivity contribution >= 4 is 23.3 Å². The SMILES string of the molecule is Cc1cc(NC(=O)CCl)nn1Cc1cccc(C(F)(F)F)c1. The number of hydrogen-bond acceptors (Lipinski definition) is 2. The number of aryl methyl sites for hydroxylation is 1. The summed E-state index contributed by atoms with van der Waals surface area (Å²) in [5, 5.41) is 6.62. The van der Waals surface area contributed by atoms with E-state index in [4.69, 9.17) is 11.6 Å². The van der Waals surface area contributed by atoms with E-state index in [0.717, 1.165) is 12.1 Å². The van der Waals surface area contributed by atoms with Gasteiger partial charge in [0.05, 0.1) is 12.1 Å². The Morgan fingerprint density at radius 1 is 1.36 bits per heavy atom. The maximum Gasteiger partial charge on any atom is 0.416 e. The first-order valence-electron chi connectivity index (χ1n) is 6.36. The monoisotopic (exact) mass is 331 g/mol. The molecule has 0 spiro atoms. The van der Waals surface area contributed by atoms with Gasteiger partial charge in [-0.3, -0.25) is 9.48 Å². The van der Waals surface area contributed by atoms with Gasteiger partial charge in [0.15, 0.2) is 5.82 Å². The third-order valence-corrected chi connectivity index (χ3v) is 3.20. The number of alkyl halides is 4. The zero-order valence-corrected chi connectivity index (χ0v) is 12.4. The molecule has 22 heavy (non-hydrogen) atoms. The number of halogens is 4. The van der Waals surface area contributed by atoms with Crippen molar-refractivity contribution in [3.63, 3.8) is 0 Å². The molecule has 0 unspecified atom stereocenters. The van der Waals surface area contributed by atoms with Crippen LogP contribution in [0.5, 0.6) is 0 Å². The van der Waals surface area contributed by atoms with E-state index in [2.05, 4.69) is 10.4 Å². The van der Waals surface area contributed by atoms with Crippen LogP contribution in [0.25, 0.3) is 0 Å². The van der Waals surface area contributed by atoms with Crippen LogP contribution in [-0.2, 0) is 17.5 Å². The fourth-order valence-electron chi connectivity index (χ4n) is 1.93. The molecule has 0 saturated carbocycles. The van der Waals surface area contributed by atoms with Crippen LogP contribution < -0.4 is 5.32 Å². The molecule has 1 aromatic carbocycles. The Balaban J connectivity index is 2.19. The lowest BCUT2D eigenvalue weighted by atomic mass is 10.1. The summed E-state index contributed by atoms with van der Waals surface area (Å²) in [5.74, 6) is -0.278. The number of benzene rings is 1. The maximum absolute atomic E-state index is 12.7. The van der Waals surface area contributed by atoms with E-state index in [0.29, 0.717) is 17.1 Å². The number of anilines is 1. The van der Waals surface area contributed by atoms with Gasteiger partial charge in [-0.1, -0.05) is 12.1 Å². The maximum atomic E-state index is 12.7. The molecule has 2 aromatic rings. The molecule has 0 saturated heterocycles. The van der Waals surface area contributed by atoms with E-state index >= 15 is 0 Å². The Morgan fingerprint density at radius 3 is 2.73 bits per heavy atom. The first-order chi connectivity index (χ1) is 10.3. The average Bonchev–Trinajstić information content (AvgIpc) is 2.78. The van der Waals surface area contributed by atoms with Crippen LogP contribution in [0.15, 0.2) is 30.3 Å². The van der Waals surface area contributed by atoms with E-state index in [9.17, 15) is 18.0 Å². The second kappa shape index (κ2) is 6.39. The fourth-order valence-corrected chi connectivity index (χ4v) is 1.99. The molecule has 0 aliphatic rings. The van der Waals surface area contributed by atoms with E-state index in [1.165, 1.54) is 10.7 Å². The quantitative estimate of drug-likeness (QED) is 0.872. The first-order valence-corrected chi connectivity index (χ1v) is 6.89. The van der Waals surface area contributed by atoms with Gasteiger partial charge in [0.25, 0.3) is 0 Å². The molecular weight excluding hydrogens is 319 g/mol. The predicted molar refractivity (Wildman–Crippen MR) is 76.9 cm³/mol. The molecule has 0 fully saturated rings. The Hall–Kier alpha value is -2.02. The molecule has 118 valence electrons. The van der Waals surface area contributed by atoms with Crippen LogP contribution in [0.3, 0.4) is 0 Å². The van der Waals surface area contributed by atoms with Crippen molar-refractivity contribution in [2.24, 2.45) is 0 Å². The Kier molecular flexibility index (Phi) is 4.75. The number of nitrogens with zero attached hydrogens (tertiary/aromatic N) is 2. The topological polar surface area (TPSA) is 46.9 Å². The van der Waals surface area contributed by atoms with Crippen LogP contribution in [0.2, 0.25) is 0 Å². The standard InChI is InChI=1S/C14H13ClF3N3O/c1-9-5-12(19-13(22)7-15)20-21(9)8-10-3-2-4-11(6-10)14(16,17)18/h2-6H,7-8H2,1H3,(H,19,20,22). The summed E-state index contributed by atoms with van der Waals surface area (Å²) in [6.45, 7) is 1.92. The third kappa shape index (κ3) is 4.00. The summed E-state index contributed by atoms with van der Waals surface area (Å²) in [6, 6.07) is 6.67. The highest BCUT2D eigenvalue weighted by atomic mass is 35.5. The molecule has 1 amide bonds. The highest BCUT2D eigenvalue weighted by Gasteiger charge is 2.30. The number of amides is 1. The highest BCUT2D eigenvalue weighted by molar-refractivity contribution is 6.28. The van der Waals surface area contributed by atoms with Crippen molar-refractivity contribution in [2.45, 2.75) is 19.6 Å². The number of carbonyl (C=O) groups excluding carboxylic acids is 1. The molecule has 1 N–H and O–H groups in total. The van der Waals surface area contributed by atoms with Crippen molar-refractivity contribution in [1.82, 2.24) is 9.78 Å². The summed E-state index contributed by atoms with van der Waals surface area (Å²) >= 11 is 5.39. The lowest BCUT2D eigenvalue weighted by molar-refractivity contribution is -0.137. The van der Waals surface area contributed by atoms with Gasteiger partial charge in [0.1, 0.15) is 5.88 Å².